The topological polar surface area (TPSA) is 32.7 Å². The molecule has 2 unspecified atom stereocenters. The predicted molar refractivity (Wildman–Crippen MR) is 78.2 cm³/mol. The number of ether oxygens (including phenoxy) is 1. The van der Waals surface area contributed by atoms with Gasteiger partial charge in [-0.05, 0) is 53.0 Å². The van der Waals surface area contributed by atoms with E-state index in [2.05, 4.69) is 25.7 Å². The van der Waals surface area contributed by atoms with E-state index >= 15 is 0 Å². The van der Waals surface area contributed by atoms with E-state index in [-0.39, 0.29) is 17.6 Å². The van der Waals surface area contributed by atoms with Crippen molar-refractivity contribution in [3.8, 4) is 0 Å². The maximum absolute atomic E-state index is 10.6. The Bertz CT molecular complexity index is 310. The fraction of sp³-hybridized carbons (Fsp3) is 1.00. The van der Waals surface area contributed by atoms with Crippen molar-refractivity contribution < 1.29 is 9.84 Å². The number of aliphatic hydroxyl groups excluding tert-OH is 1. The number of hydrogen-bond donors (Lipinski definition) is 1. The highest BCUT2D eigenvalue weighted by Gasteiger charge is 2.53. The molecular weight excluding hydrogens is 238 g/mol. The second-order valence-corrected chi connectivity index (χ2v) is 7.51. The maximum Gasteiger partial charge on any atom is 0.0896 e. The van der Waals surface area contributed by atoms with Crippen LogP contribution in [0.15, 0.2) is 0 Å². The lowest BCUT2D eigenvalue weighted by atomic mass is 9.82. The van der Waals surface area contributed by atoms with Gasteiger partial charge < -0.3 is 14.7 Å². The third-order valence-corrected chi connectivity index (χ3v) is 5.16. The van der Waals surface area contributed by atoms with Crippen LogP contribution >= 0.6 is 0 Å². The van der Waals surface area contributed by atoms with Crippen LogP contribution in [-0.2, 0) is 4.74 Å². The Labute approximate surface area is 118 Å². The molecule has 0 radical (unpaired) electrons. The summed E-state index contributed by atoms with van der Waals surface area (Å²) in [7, 11) is 0. The monoisotopic (exact) mass is 269 g/mol. The number of hydrogen-bond acceptors (Lipinski definition) is 3. The summed E-state index contributed by atoms with van der Waals surface area (Å²) in [4.78, 5) is 2.50. The van der Waals surface area contributed by atoms with Gasteiger partial charge >= 0.3 is 0 Å². The molecule has 0 aromatic carbocycles. The second kappa shape index (κ2) is 5.34. The number of rotatable bonds is 5. The van der Waals surface area contributed by atoms with Gasteiger partial charge in [-0.15, -0.1) is 0 Å². The molecule has 1 saturated carbocycles. The molecule has 1 heterocycles. The molecule has 0 spiro atoms. The van der Waals surface area contributed by atoms with E-state index in [4.69, 9.17) is 4.74 Å². The van der Waals surface area contributed by atoms with Gasteiger partial charge in [0.15, 0.2) is 0 Å². The Balaban J connectivity index is 1.98. The van der Waals surface area contributed by atoms with E-state index in [0.29, 0.717) is 0 Å². The zero-order valence-corrected chi connectivity index (χ0v) is 13.3. The van der Waals surface area contributed by atoms with E-state index < -0.39 is 5.60 Å². The van der Waals surface area contributed by atoms with Crippen molar-refractivity contribution in [3.05, 3.63) is 0 Å². The molecule has 2 rings (SSSR count). The summed E-state index contributed by atoms with van der Waals surface area (Å²) >= 11 is 0. The quantitative estimate of drug-likeness (QED) is 0.833. The maximum atomic E-state index is 10.6. The lowest BCUT2D eigenvalue weighted by Crippen LogP contribution is -2.45. The first-order valence-corrected chi connectivity index (χ1v) is 7.87. The average Bonchev–Trinajstić information content (AvgIpc) is 2.38. The molecule has 1 aliphatic heterocycles. The smallest absolute Gasteiger partial charge is 0.0896 e. The SMILES string of the molecule is CCN(CC1CCC1)CC1C(O)C(C)(C)OC1(C)C. The summed E-state index contributed by atoms with van der Waals surface area (Å²) in [5.41, 5.74) is -0.667. The fourth-order valence-corrected chi connectivity index (χ4v) is 3.65. The van der Waals surface area contributed by atoms with Crippen LogP contribution in [0.25, 0.3) is 0 Å². The van der Waals surface area contributed by atoms with Gasteiger partial charge in [-0.1, -0.05) is 13.3 Å². The van der Waals surface area contributed by atoms with Crippen LogP contribution in [0.4, 0.5) is 0 Å². The van der Waals surface area contributed by atoms with Crippen LogP contribution in [0.2, 0.25) is 0 Å². The van der Waals surface area contributed by atoms with Gasteiger partial charge in [-0.2, -0.15) is 0 Å². The van der Waals surface area contributed by atoms with Crippen LogP contribution in [0, 0.1) is 11.8 Å². The molecule has 2 atom stereocenters. The molecule has 1 saturated heterocycles. The molecule has 3 heteroatoms. The Hall–Kier alpha value is -0.120. The zero-order valence-electron chi connectivity index (χ0n) is 13.3. The second-order valence-electron chi connectivity index (χ2n) is 7.51. The van der Waals surface area contributed by atoms with Gasteiger partial charge in [0.1, 0.15) is 0 Å². The van der Waals surface area contributed by atoms with Crippen molar-refractivity contribution in [1.82, 2.24) is 4.90 Å². The molecule has 0 bridgehead atoms. The fourth-order valence-electron chi connectivity index (χ4n) is 3.65. The normalized spacial score (nSPS) is 33.6. The highest BCUT2D eigenvalue weighted by atomic mass is 16.5. The Kier molecular flexibility index (Phi) is 4.29. The van der Waals surface area contributed by atoms with Crippen molar-refractivity contribution in [3.63, 3.8) is 0 Å². The Morgan fingerprint density at radius 1 is 1.11 bits per heavy atom. The first-order chi connectivity index (χ1) is 8.76. The molecule has 3 nitrogen and oxygen atoms in total. The van der Waals surface area contributed by atoms with Gasteiger partial charge in [0.2, 0.25) is 0 Å². The standard InChI is InChI=1S/C16H31NO2/c1-6-17(10-12-8-7-9-12)11-13-14(18)16(4,5)19-15(13,2)3/h12-14,18H,6-11H2,1-5H3. The summed E-state index contributed by atoms with van der Waals surface area (Å²) in [6.45, 7) is 13.7. The lowest BCUT2D eigenvalue weighted by molar-refractivity contribution is -0.0914. The molecule has 2 aliphatic rings. The van der Waals surface area contributed by atoms with Crippen molar-refractivity contribution >= 4 is 0 Å². The third kappa shape index (κ3) is 3.14. The Morgan fingerprint density at radius 2 is 1.74 bits per heavy atom. The summed E-state index contributed by atoms with van der Waals surface area (Å²) in [5.74, 6) is 1.08. The van der Waals surface area contributed by atoms with Crippen molar-refractivity contribution in [2.45, 2.75) is 71.2 Å². The zero-order chi connectivity index (χ0) is 14.3. The van der Waals surface area contributed by atoms with Crippen LogP contribution in [0.5, 0.6) is 0 Å². The molecule has 0 aromatic heterocycles. The molecule has 1 N–H and O–H groups in total. The third-order valence-electron chi connectivity index (χ3n) is 5.16. The summed E-state index contributed by atoms with van der Waals surface area (Å²) in [6, 6.07) is 0. The number of aliphatic hydroxyl groups is 1. The highest BCUT2D eigenvalue weighted by Crippen LogP contribution is 2.42. The minimum Gasteiger partial charge on any atom is -0.390 e. The van der Waals surface area contributed by atoms with Crippen LogP contribution < -0.4 is 0 Å². The van der Waals surface area contributed by atoms with E-state index in [0.717, 1.165) is 19.0 Å². The van der Waals surface area contributed by atoms with Crippen LogP contribution in [0.3, 0.4) is 0 Å². The first-order valence-electron chi connectivity index (χ1n) is 7.87. The molecule has 2 fully saturated rings. The lowest BCUT2D eigenvalue weighted by Gasteiger charge is -2.36. The minimum absolute atomic E-state index is 0.197. The molecule has 112 valence electrons. The van der Waals surface area contributed by atoms with Crippen LogP contribution in [-0.4, -0.2) is 46.9 Å². The Morgan fingerprint density at radius 3 is 2.11 bits per heavy atom. The van der Waals surface area contributed by atoms with Gasteiger partial charge in [0.25, 0.3) is 0 Å². The summed E-state index contributed by atoms with van der Waals surface area (Å²) in [5, 5.41) is 10.6. The van der Waals surface area contributed by atoms with Crippen molar-refractivity contribution in [1.29, 1.82) is 0 Å². The van der Waals surface area contributed by atoms with Gasteiger partial charge in [-0.3, -0.25) is 0 Å². The van der Waals surface area contributed by atoms with Gasteiger partial charge in [0.05, 0.1) is 17.3 Å². The van der Waals surface area contributed by atoms with E-state index in [9.17, 15) is 5.11 Å². The minimum atomic E-state index is -0.427. The number of nitrogens with zero attached hydrogens (tertiary/aromatic N) is 1. The molecule has 19 heavy (non-hydrogen) atoms. The highest BCUT2D eigenvalue weighted by molar-refractivity contribution is 5.02. The van der Waals surface area contributed by atoms with E-state index in [1.165, 1.54) is 25.8 Å². The summed E-state index contributed by atoms with van der Waals surface area (Å²) in [6.07, 6.45) is 3.79. The molecular formula is C16H31NO2. The molecule has 0 amide bonds. The first kappa shape index (κ1) is 15.3. The molecule has 0 aromatic rings. The van der Waals surface area contributed by atoms with Gasteiger partial charge in [-0.25, -0.2) is 0 Å². The largest absolute Gasteiger partial charge is 0.390 e. The van der Waals surface area contributed by atoms with E-state index in [1.54, 1.807) is 0 Å². The van der Waals surface area contributed by atoms with Gasteiger partial charge in [0, 0.05) is 19.0 Å². The van der Waals surface area contributed by atoms with Crippen LogP contribution in [0.1, 0.15) is 53.9 Å². The van der Waals surface area contributed by atoms with E-state index in [1.807, 2.05) is 13.8 Å². The predicted octanol–water partition coefficient (Wildman–Crippen LogP) is 2.67. The average molecular weight is 269 g/mol. The van der Waals surface area contributed by atoms with Crippen molar-refractivity contribution in [2.75, 3.05) is 19.6 Å². The summed E-state index contributed by atoms with van der Waals surface area (Å²) < 4.78 is 6.08. The molecule has 1 aliphatic carbocycles. The van der Waals surface area contributed by atoms with Crippen molar-refractivity contribution in [2.24, 2.45) is 11.8 Å².